The van der Waals surface area contributed by atoms with Gasteiger partial charge in [0, 0.05) is 23.0 Å². The maximum atomic E-state index is 13.4. The van der Waals surface area contributed by atoms with E-state index in [4.69, 9.17) is 18.9 Å². The van der Waals surface area contributed by atoms with Crippen molar-refractivity contribution in [3.63, 3.8) is 0 Å². The number of carbonyl (C=O) groups excluding carboxylic acids is 4. The molecule has 0 aliphatic rings. The molecule has 0 aromatic rings. The monoisotopic (exact) mass is 1270 g/mol. The minimum atomic E-state index is -1.23. The molecule has 504 valence electrons. The van der Waals surface area contributed by atoms with E-state index >= 15 is 0 Å². The van der Waals surface area contributed by atoms with Crippen LogP contribution in [0.3, 0.4) is 0 Å². The standard InChI is InChI=1S/C73H140O8S4/c1-5-9-13-17-21-25-29-33-37-41-45-49-57-82-61-53-69(74)78-65-73(66-79-70(75)54-62-83-58-50-46-42-38-34-30-26-22-18-14-10-6-2,67-80-71(76)55-63-84-59-51-47-43-39-35-31-27-23-19-15-11-7-3)68-81-72(77)56-64-85-60-52-48-44-40-36-32-28-24-20-16-12-8-4/h5-68H2,1-4H3. The van der Waals surface area contributed by atoms with E-state index in [1.165, 1.54) is 283 Å². The average molecular weight is 1270 g/mol. The maximum Gasteiger partial charge on any atom is 0.306 e. The third-order valence-electron chi connectivity index (χ3n) is 16.5. The van der Waals surface area contributed by atoms with Crippen LogP contribution in [0.1, 0.15) is 362 Å². The summed E-state index contributed by atoms with van der Waals surface area (Å²) in [6.45, 7) is 8.36. The first kappa shape index (κ1) is 84.3. The fourth-order valence-corrected chi connectivity index (χ4v) is 14.4. The predicted octanol–water partition coefficient (Wildman–Crippen LogP) is 23.4. The van der Waals surface area contributed by atoms with Gasteiger partial charge in [-0.3, -0.25) is 19.2 Å². The lowest BCUT2D eigenvalue weighted by Crippen LogP contribution is -2.44. The number of rotatable bonds is 72. The van der Waals surface area contributed by atoms with Gasteiger partial charge in [-0.15, -0.1) is 0 Å². The zero-order chi connectivity index (χ0) is 61.7. The fraction of sp³-hybridized carbons (Fsp3) is 0.945. The van der Waals surface area contributed by atoms with E-state index in [9.17, 15) is 19.2 Å². The minimum absolute atomic E-state index is 0.182. The first-order chi connectivity index (χ1) is 41.8. The number of hydrogen-bond acceptors (Lipinski definition) is 12. The van der Waals surface area contributed by atoms with Crippen molar-refractivity contribution in [2.45, 2.75) is 362 Å². The predicted molar refractivity (Wildman–Crippen MR) is 378 cm³/mol. The molecule has 0 aromatic carbocycles. The summed E-state index contributed by atoms with van der Waals surface area (Å²) < 4.78 is 23.8. The zero-order valence-electron chi connectivity index (χ0n) is 56.7. The molecule has 0 rings (SSSR count). The van der Waals surface area contributed by atoms with Crippen LogP contribution in [0.5, 0.6) is 0 Å². The van der Waals surface area contributed by atoms with Crippen molar-refractivity contribution in [1.82, 2.24) is 0 Å². The van der Waals surface area contributed by atoms with Gasteiger partial charge < -0.3 is 18.9 Å². The van der Waals surface area contributed by atoms with Gasteiger partial charge in [-0.05, 0) is 48.7 Å². The van der Waals surface area contributed by atoms with E-state index in [2.05, 4.69) is 27.7 Å². The molecule has 0 unspecified atom stereocenters. The van der Waals surface area contributed by atoms with Crippen molar-refractivity contribution in [3.8, 4) is 0 Å². The molecule has 0 spiro atoms. The molecule has 0 fully saturated rings. The topological polar surface area (TPSA) is 105 Å². The highest BCUT2D eigenvalue weighted by Gasteiger charge is 2.38. The van der Waals surface area contributed by atoms with Gasteiger partial charge in [0.2, 0.25) is 0 Å². The molecule has 0 heterocycles. The highest BCUT2D eigenvalue weighted by atomic mass is 32.2. The van der Waals surface area contributed by atoms with Crippen LogP contribution in [0.25, 0.3) is 0 Å². The van der Waals surface area contributed by atoms with Crippen LogP contribution in [-0.2, 0) is 38.1 Å². The summed E-state index contributed by atoms with van der Waals surface area (Å²) in [6, 6.07) is 0. The molecule has 0 saturated carbocycles. The lowest BCUT2D eigenvalue weighted by Gasteiger charge is -2.31. The third kappa shape index (κ3) is 66.0. The fourth-order valence-electron chi connectivity index (χ4n) is 10.7. The zero-order valence-corrected chi connectivity index (χ0v) is 59.9. The van der Waals surface area contributed by atoms with Gasteiger partial charge in [0.15, 0.2) is 0 Å². The number of carbonyl (C=O) groups is 4. The van der Waals surface area contributed by atoms with E-state index in [-0.39, 0.29) is 76.0 Å². The summed E-state index contributed by atoms with van der Waals surface area (Å²) in [7, 11) is 0. The van der Waals surface area contributed by atoms with Crippen LogP contribution in [-0.4, -0.2) is 96.3 Å². The van der Waals surface area contributed by atoms with Crippen molar-refractivity contribution in [1.29, 1.82) is 0 Å². The molecule has 0 aliphatic heterocycles. The summed E-state index contributed by atoms with van der Waals surface area (Å²) in [5.74, 6) is 5.30. The highest BCUT2D eigenvalue weighted by molar-refractivity contribution is 7.99. The van der Waals surface area contributed by atoms with Crippen molar-refractivity contribution in [3.05, 3.63) is 0 Å². The molecule has 8 nitrogen and oxygen atoms in total. The van der Waals surface area contributed by atoms with Crippen LogP contribution in [0.4, 0.5) is 0 Å². The smallest absolute Gasteiger partial charge is 0.306 e. The quantitative estimate of drug-likeness (QED) is 0.0329. The Morgan fingerprint density at radius 1 is 0.212 bits per heavy atom. The summed E-state index contributed by atoms with van der Waals surface area (Å²) in [6.07, 6.45) is 64.4. The highest BCUT2D eigenvalue weighted by Crippen LogP contribution is 2.25. The summed E-state index contributed by atoms with van der Waals surface area (Å²) in [5.41, 5.74) is -1.23. The van der Waals surface area contributed by atoms with Gasteiger partial charge in [0.25, 0.3) is 0 Å². The van der Waals surface area contributed by atoms with Crippen LogP contribution < -0.4 is 0 Å². The summed E-state index contributed by atoms with van der Waals surface area (Å²) >= 11 is 7.14. The molecular weight excluding hydrogens is 1130 g/mol. The molecule has 0 atom stereocenters. The molecule has 0 bridgehead atoms. The Labute approximate surface area is 545 Å². The number of thioether (sulfide) groups is 4. The Bertz CT molecular complexity index is 1200. The van der Waals surface area contributed by atoms with Gasteiger partial charge in [-0.1, -0.05) is 310 Å². The van der Waals surface area contributed by atoms with Crippen LogP contribution in [0.2, 0.25) is 0 Å². The molecular formula is C73H140O8S4. The molecule has 0 saturated heterocycles. The lowest BCUT2D eigenvalue weighted by molar-refractivity contribution is -0.170. The maximum absolute atomic E-state index is 13.4. The van der Waals surface area contributed by atoms with E-state index in [1.54, 1.807) is 47.0 Å². The second kappa shape index (κ2) is 70.7. The van der Waals surface area contributed by atoms with Crippen molar-refractivity contribution >= 4 is 70.9 Å². The average Bonchev–Trinajstić information content (AvgIpc) is 3.60. The van der Waals surface area contributed by atoms with Gasteiger partial charge >= 0.3 is 23.9 Å². The Morgan fingerprint density at radius 3 is 0.506 bits per heavy atom. The van der Waals surface area contributed by atoms with Gasteiger partial charge in [0.1, 0.15) is 31.8 Å². The third-order valence-corrected chi connectivity index (χ3v) is 20.8. The largest absolute Gasteiger partial charge is 0.465 e. The summed E-state index contributed by atoms with van der Waals surface area (Å²) in [5, 5.41) is 0. The Balaban J connectivity index is 5.40. The molecule has 0 N–H and O–H groups in total. The van der Waals surface area contributed by atoms with Gasteiger partial charge in [-0.25, -0.2) is 0 Å². The van der Waals surface area contributed by atoms with E-state index in [0.29, 0.717) is 23.0 Å². The first-order valence-corrected chi connectivity index (χ1v) is 41.4. The van der Waals surface area contributed by atoms with E-state index in [1.807, 2.05) is 0 Å². The summed E-state index contributed by atoms with van der Waals surface area (Å²) in [4.78, 5) is 53.5. The lowest BCUT2D eigenvalue weighted by atomic mass is 9.92. The van der Waals surface area contributed by atoms with Gasteiger partial charge in [-0.2, -0.15) is 47.0 Å². The molecule has 12 heteroatoms. The molecule has 0 aliphatic carbocycles. The Kier molecular flexibility index (Phi) is 70.1. The molecule has 0 radical (unpaired) electrons. The van der Waals surface area contributed by atoms with Crippen molar-refractivity contribution in [2.75, 3.05) is 72.5 Å². The SMILES string of the molecule is CCCCCCCCCCCCCCSCCC(=O)OCC(COC(=O)CCSCCCCCCCCCCCCCC)(COC(=O)CCSCCCCCCCCCCCCCC)COC(=O)CCSCCCCCCCCCCCCCC. The number of hydrogen-bond donors (Lipinski definition) is 0. The molecule has 0 aromatic heterocycles. The first-order valence-electron chi connectivity index (χ1n) is 36.8. The van der Waals surface area contributed by atoms with E-state index in [0.717, 1.165) is 48.7 Å². The number of ether oxygens (including phenoxy) is 4. The van der Waals surface area contributed by atoms with Crippen LogP contribution in [0.15, 0.2) is 0 Å². The Hall–Kier alpha value is -0.720. The van der Waals surface area contributed by atoms with Gasteiger partial charge in [0.05, 0.1) is 25.7 Å². The van der Waals surface area contributed by atoms with Crippen molar-refractivity contribution in [2.24, 2.45) is 5.41 Å². The molecule has 85 heavy (non-hydrogen) atoms. The van der Waals surface area contributed by atoms with E-state index < -0.39 is 5.41 Å². The minimum Gasteiger partial charge on any atom is -0.465 e. The normalized spacial score (nSPS) is 11.6. The Morgan fingerprint density at radius 2 is 0.353 bits per heavy atom. The number of unbranched alkanes of at least 4 members (excludes halogenated alkanes) is 44. The van der Waals surface area contributed by atoms with Crippen LogP contribution >= 0.6 is 47.0 Å². The second-order valence-electron chi connectivity index (χ2n) is 25.1. The molecule has 0 amide bonds. The van der Waals surface area contributed by atoms with Crippen molar-refractivity contribution < 1.29 is 38.1 Å². The van der Waals surface area contributed by atoms with Crippen LogP contribution in [0, 0.1) is 5.41 Å². The number of esters is 4. The second-order valence-corrected chi connectivity index (χ2v) is 30.0.